The summed E-state index contributed by atoms with van der Waals surface area (Å²) in [6.45, 7) is 0.224. The predicted molar refractivity (Wildman–Crippen MR) is 139 cm³/mol. The van der Waals surface area contributed by atoms with Crippen molar-refractivity contribution in [3.63, 3.8) is 0 Å². The van der Waals surface area contributed by atoms with Crippen molar-refractivity contribution in [3.8, 4) is 5.75 Å². The number of carbonyl (C=O) groups excluding carboxylic acids is 1. The van der Waals surface area contributed by atoms with E-state index < -0.39 is 0 Å². The Morgan fingerprint density at radius 2 is 1.59 bits per heavy atom. The zero-order valence-electron chi connectivity index (χ0n) is 20.3. The molecule has 4 aromatic carbocycles. The zero-order chi connectivity index (χ0) is 24.5. The van der Waals surface area contributed by atoms with Gasteiger partial charge >= 0.3 is 0 Å². The summed E-state index contributed by atoms with van der Waals surface area (Å²) in [6.07, 6.45) is 2.02. The van der Waals surface area contributed by atoms with Crippen LogP contribution in [0.1, 0.15) is 27.7 Å². The molecule has 0 radical (unpaired) electrons. The Balaban J connectivity index is 0.00000280. The molecule has 6 aromatic rings. The van der Waals surface area contributed by atoms with Crippen LogP contribution in [0, 0.1) is 0 Å². The summed E-state index contributed by atoms with van der Waals surface area (Å²) in [5.74, 6) is 1.61. The Labute approximate surface area is 225 Å². The second-order valence-corrected chi connectivity index (χ2v) is 8.79. The third-order valence-corrected chi connectivity index (χ3v) is 6.57. The summed E-state index contributed by atoms with van der Waals surface area (Å²) < 4.78 is 15.8. The fourth-order valence-corrected chi connectivity index (χ4v) is 4.79. The molecule has 0 aliphatic heterocycles. The molecular formula is C31H25BrN2O3. The van der Waals surface area contributed by atoms with Crippen LogP contribution in [0.3, 0.4) is 0 Å². The molecule has 2 heterocycles. The molecular weight excluding hydrogens is 528 g/mol. The number of benzene rings is 4. The van der Waals surface area contributed by atoms with Crippen LogP contribution in [0.5, 0.6) is 5.75 Å². The van der Waals surface area contributed by atoms with E-state index in [1.165, 1.54) is 0 Å². The van der Waals surface area contributed by atoms with Gasteiger partial charge in [-0.15, -0.1) is 0 Å². The van der Waals surface area contributed by atoms with Gasteiger partial charge in [0.1, 0.15) is 11.3 Å². The zero-order valence-corrected chi connectivity index (χ0v) is 21.8. The van der Waals surface area contributed by atoms with Crippen molar-refractivity contribution in [1.29, 1.82) is 0 Å². The topological polar surface area (TPSA) is 48.2 Å². The molecule has 1 atom stereocenters. The predicted octanol–water partition coefficient (Wildman–Crippen LogP) is 3.21. The van der Waals surface area contributed by atoms with E-state index >= 15 is 0 Å². The number of hydrogen-bond donors (Lipinski definition) is 0. The second-order valence-electron chi connectivity index (χ2n) is 8.79. The molecule has 0 N–H and O–H groups in total. The van der Waals surface area contributed by atoms with E-state index in [1.54, 1.807) is 7.11 Å². The number of rotatable bonds is 7. The van der Waals surface area contributed by atoms with E-state index in [-0.39, 0.29) is 35.4 Å². The number of Topliss-reactive ketones (excluding diaryl/α,β-unsaturated/α-hetero) is 1. The number of hydrogen-bond acceptors (Lipinski definition) is 3. The third-order valence-electron chi connectivity index (χ3n) is 6.57. The van der Waals surface area contributed by atoms with Crippen molar-refractivity contribution in [3.05, 3.63) is 132 Å². The lowest BCUT2D eigenvalue weighted by atomic mass is 10.0. The molecule has 0 aliphatic rings. The highest BCUT2D eigenvalue weighted by Crippen LogP contribution is 2.33. The minimum atomic E-state index is -0.194. The quantitative estimate of drug-likeness (QED) is 0.226. The Hall–Kier alpha value is -4.16. The first kappa shape index (κ1) is 24.5. The van der Waals surface area contributed by atoms with Gasteiger partial charge in [0.05, 0.1) is 7.11 Å². The van der Waals surface area contributed by atoms with Crippen molar-refractivity contribution < 1.29 is 35.5 Å². The first-order chi connectivity index (χ1) is 17.7. The first-order valence-electron chi connectivity index (χ1n) is 11.9. The van der Waals surface area contributed by atoms with E-state index in [0.717, 1.165) is 39.1 Å². The van der Waals surface area contributed by atoms with E-state index in [4.69, 9.17) is 9.15 Å². The van der Waals surface area contributed by atoms with Gasteiger partial charge in [-0.05, 0) is 48.5 Å². The average molecular weight is 553 g/mol. The van der Waals surface area contributed by atoms with Crippen LogP contribution in [0.4, 0.5) is 0 Å². The summed E-state index contributed by atoms with van der Waals surface area (Å²) in [4.78, 5) is 13.2. The molecule has 0 saturated heterocycles. The molecule has 184 valence electrons. The molecule has 0 saturated carbocycles. The lowest BCUT2D eigenvalue weighted by molar-refractivity contribution is -0.658. The number of para-hydroxylation sites is 3. The molecule has 37 heavy (non-hydrogen) atoms. The minimum absolute atomic E-state index is 0. The highest BCUT2D eigenvalue weighted by molar-refractivity contribution is 5.95. The van der Waals surface area contributed by atoms with Gasteiger partial charge in [0.2, 0.25) is 12.1 Å². The van der Waals surface area contributed by atoms with E-state index in [9.17, 15) is 4.79 Å². The Bertz CT molecular complexity index is 1640. The minimum Gasteiger partial charge on any atom is -1.00 e. The molecule has 0 spiro atoms. The lowest BCUT2D eigenvalue weighted by Crippen LogP contribution is -3.00. The molecule has 6 rings (SSSR count). The van der Waals surface area contributed by atoms with Crippen LogP contribution in [0.15, 0.2) is 120 Å². The smallest absolute Gasteiger partial charge is 0.246 e. The molecule has 0 aliphatic carbocycles. The fraction of sp³-hybridized carbons (Fsp3) is 0.0968. The number of ether oxygens (including phenoxy) is 1. The van der Waals surface area contributed by atoms with Gasteiger partial charge in [0.25, 0.3) is 0 Å². The van der Waals surface area contributed by atoms with Crippen LogP contribution < -0.4 is 26.3 Å². The maximum Gasteiger partial charge on any atom is 0.246 e. The van der Waals surface area contributed by atoms with Gasteiger partial charge in [-0.1, -0.05) is 60.7 Å². The molecule has 0 bridgehead atoms. The van der Waals surface area contributed by atoms with Crippen LogP contribution in [-0.2, 0) is 6.54 Å². The molecule has 0 fully saturated rings. The van der Waals surface area contributed by atoms with Crippen molar-refractivity contribution in [2.24, 2.45) is 0 Å². The van der Waals surface area contributed by atoms with E-state index in [2.05, 4.69) is 34.9 Å². The van der Waals surface area contributed by atoms with Gasteiger partial charge in [-0.25, -0.2) is 9.13 Å². The second kappa shape index (κ2) is 10.4. The number of aromatic nitrogens is 2. The maximum atomic E-state index is 13.2. The average Bonchev–Trinajstić information content (AvgIpc) is 3.51. The number of methoxy groups -OCH3 is 1. The molecule has 2 aromatic heterocycles. The van der Waals surface area contributed by atoms with Crippen LogP contribution >= 0.6 is 0 Å². The van der Waals surface area contributed by atoms with Crippen molar-refractivity contribution in [1.82, 2.24) is 4.57 Å². The SMILES string of the molecule is COc1ccc(C(=O)C[n+]2cn(C(c3ccccc3)c3cc4ccccc4o3)c3ccccc32)cc1.[Br-]. The number of nitrogens with zero attached hydrogens (tertiary/aromatic N) is 2. The van der Waals surface area contributed by atoms with Crippen molar-refractivity contribution >= 4 is 27.8 Å². The van der Waals surface area contributed by atoms with Crippen LogP contribution in [0.25, 0.3) is 22.0 Å². The number of fused-ring (bicyclic) bond motifs is 2. The van der Waals surface area contributed by atoms with Gasteiger partial charge < -0.3 is 26.1 Å². The van der Waals surface area contributed by atoms with Gasteiger partial charge in [0, 0.05) is 16.5 Å². The molecule has 6 heteroatoms. The van der Waals surface area contributed by atoms with Gasteiger partial charge in [-0.3, -0.25) is 4.79 Å². The number of ketones is 1. The first-order valence-corrected chi connectivity index (χ1v) is 11.9. The molecule has 1 unspecified atom stereocenters. The maximum absolute atomic E-state index is 13.2. The molecule has 5 nitrogen and oxygen atoms in total. The van der Waals surface area contributed by atoms with Crippen LogP contribution in [0.2, 0.25) is 0 Å². The standard InChI is InChI=1S/C31H25N2O3.BrH/c1-35-25-17-15-22(16-18-25)28(34)20-32-21-33(27-13-7-6-12-26(27)32)31(23-9-3-2-4-10-23)30-19-24-11-5-8-14-29(24)36-30;/h2-19,21,31H,20H2,1H3;1H/q+1;/p-1. The van der Waals surface area contributed by atoms with Crippen LogP contribution in [-0.4, -0.2) is 17.5 Å². The number of imidazole rings is 1. The Morgan fingerprint density at radius 1 is 0.892 bits per heavy atom. The Morgan fingerprint density at radius 3 is 2.35 bits per heavy atom. The third kappa shape index (κ3) is 4.68. The van der Waals surface area contributed by atoms with Crippen molar-refractivity contribution in [2.75, 3.05) is 7.11 Å². The number of carbonyl (C=O) groups is 1. The summed E-state index contributed by atoms with van der Waals surface area (Å²) in [7, 11) is 1.62. The fourth-order valence-electron chi connectivity index (χ4n) is 4.79. The monoisotopic (exact) mass is 552 g/mol. The lowest BCUT2D eigenvalue weighted by Gasteiger charge is -2.12. The largest absolute Gasteiger partial charge is 1.00 e. The molecule has 0 amide bonds. The van der Waals surface area contributed by atoms with Crippen molar-refractivity contribution in [2.45, 2.75) is 12.6 Å². The summed E-state index contributed by atoms with van der Waals surface area (Å²) in [5.41, 5.74) is 4.61. The van der Waals surface area contributed by atoms with E-state index in [1.807, 2.05) is 89.8 Å². The summed E-state index contributed by atoms with van der Waals surface area (Å²) >= 11 is 0. The van der Waals surface area contributed by atoms with Gasteiger partial charge in [0.15, 0.2) is 29.4 Å². The Kier molecular flexibility index (Phi) is 6.93. The normalized spacial score (nSPS) is 11.8. The highest BCUT2D eigenvalue weighted by atomic mass is 79.9. The number of furan rings is 1. The summed E-state index contributed by atoms with van der Waals surface area (Å²) in [6, 6.07) is 35.7. The number of halogens is 1. The highest BCUT2D eigenvalue weighted by Gasteiger charge is 2.29. The summed E-state index contributed by atoms with van der Waals surface area (Å²) in [5, 5.41) is 1.06. The van der Waals surface area contributed by atoms with Gasteiger partial charge in [-0.2, -0.15) is 0 Å². The van der Waals surface area contributed by atoms with E-state index in [0.29, 0.717) is 5.56 Å².